The van der Waals surface area contributed by atoms with Crippen molar-refractivity contribution in [1.29, 1.82) is 0 Å². The minimum absolute atomic E-state index is 0.847. The van der Waals surface area contributed by atoms with Gasteiger partial charge in [0.15, 0.2) is 0 Å². The molecular formula is C15H29N. The van der Waals surface area contributed by atoms with Gasteiger partial charge in [-0.3, -0.25) is 0 Å². The zero-order valence-corrected chi connectivity index (χ0v) is 11.0. The Labute approximate surface area is 101 Å². The van der Waals surface area contributed by atoms with Gasteiger partial charge >= 0.3 is 0 Å². The van der Waals surface area contributed by atoms with Gasteiger partial charge in [-0.2, -0.15) is 0 Å². The summed E-state index contributed by atoms with van der Waals surface area (Å²) in [5, 5.41) is 3.85. The van der Waals surface area contributed by atoms with Crippen LogP contribution in [-0.2, 0) is 0 Å². The molecule has 2 saturated carbocycles. The molecule has 94 valence electrons. The predicted octanol–water partition coefficient (Wildman–Crippen LogP) is 4.13. The lowest BCUT2D eigenvalue weighted by Crippen LogP contribution is -2.39. The summed E-state index contributed by atoms with van der Waals surface area (Å²) in [5.41, 5.74) is 0. The topological polar surface area (TPSA) is 12.0 Å². The van der Waals surface area contributed by atoms with Crippen LogP contribution in [0.25, 0.3) is 0 Å². The molecule has 0 aromatic heterocycles. The van der Waals surface area contributed by atoms with Gasteiger partial charge in [0.1, 0.15) is 0 Å². The van der Waals surface area contributed by atoms with Gasteiger partial charge in [-0.05, 0) is 37.6 Å². The van der Waals surface area contributed by atoms with Crippen molar-refractivity contribution in [3.05, 3.63) is 0 Å². The highest BCUT2D eigenvalue weighted by atomic mass is 14.9. The fraction of sp³-hybridized carbons (Fsp3) is 1.00. The van der Waals surface area contributed by atoms with Gasteiger partial charge in [-0.1, -0.05) is 51.9 Å². The smallest absolute Gasteiger partial charge is 0.00952 e. The average molecular weight is 223 g/mol. The fourth-order valence-electron chi connectivity index (χ4n) is 3.74. The summed E-state index contributed by atoms with van der Waals surface area (Å²) >= 11 is 0. The summed E-state index contributed by atoms with van der Waals surface area (Å²) in [6.45, 7) is 3.65. The zero-order valence-electron chi connectivity index (χ0n) is 11.0. The Kier molecular flexibility index (Phi) is 5.15. The predicted molar refractivity (Wildman–Crippen MR) is 70.6 cm³/mol. The van der Waals surface area contributed by atoms with Gasteiger partial charge < -0.3 is 5.32 Å². The Morgan fingerprint density at radius 3 is 2.38 bits per heavy atom. The van der Waals surface area contributed by atoms with Crippen LogP contribution in [0.15, 0.2) is 0 Å². The first-order valence-corrected chi connectivity index (χ1v) is 7.63. The molecule has 2 unspecified atom stereocenters. The van der Waals surface area contributed by atoms with E-state index in [0.29, 0.717) is 0 Å². The standard InChI is InChI=1S/C15H29N/c1-2-14-9-5-6-10-15(14)16-12-11-13-7-3-4-8-13/h13-16H,2-12H2,1H3. The van der Waals surface area contributed by atoms with Crippen molar-refractivity contribution in [3.63, 3.8) is 0 Å². The second-order valence-corrected chi connectivity index (χ2v) is 5.95. The molecule has 2 aliphatic rings. The molecule has 2 atom stereocenters. The van der Waals surface area contributed by atoms with Crippen LogP contribution in [0, 0.1) is 11.8 Å². The maximum Gasteiger partial charge on any atom is 0.00952 e. The third-order valence-electron chi connectivity index (χ3n) is 4.87. The summed E-state index contributed by atoms with van der Waals surface area (Å²) in [4.78, 5) is 0. The van der Waals surface area contributed by atoms with Crippen LogP contribution in [0.5, 0.6) is 0 Å². The van der Waals surface area contributed by atoms with E-state index in [-0.39, 0.29) is 0 Å². The van der Waals surface area contributed by atoms with E-state index < -0.39 is 0 Å². The monoisotopic (exact) mass is 223 g/mol. The molecule has 0 amide bonds. The molecule has 0 aromatic rings. The van der Waals surface area contributed by atoms with Crippen molar-refractivity contribution < 1.29 is 0 Å². The van der Waals surface area contributed by atoms with Crippen LogP contribution in [0.2, 0.25) is 0 Å². The van der Waals surface area contributed by atoms with Crippen LogP contribution in [0.4, 0.5) is 0 Å². The zero-order chi connectivity index (χ0) is 11.2. The lowest BCUT2D eigenvalue weighted by atomic mass is 9.83. The molecule has 0 saturated heterocycles. The van der Waals surface area contributed by atoms with Crippen molar-refractivity contribution in [2.24, 2.45) is 11.8 Å². The maximum atomic E-state index is 3.85. The van der Waals surface area contributed by atoms with Gasteiger partial charge in [-0.15, -0.1) is 0 Å². The molecule has 1 N–H and O–H groups in total. The SMILES string of the molecule is CCC1CCCCC1NCCC1CCCC1. The van der Waals surface area contributed by atoms with E-state index in [2.05, 4.69) is 12.2 Å². The number of hydrogen-bond acceptors (Lipinski definition) is 1. The second kappa shape index (κ2) is 6.64. The van der Waals surface area contributed by atoms with Gasteiger partial charge in [0.05, 0.1) is 0 Å². The molecule has 1 nitrogen and oxygen atoms in total. The highest BCUT2D eigenvalue weighted by molar-refractivity contribution is 4.80. The van der Waals surface area contributed by atoms with Crippen LogP contribution < -0.4 is 5.32 Å². The maximum absolute atomic E-state index is 3.85. The lowest BCUT2D eigenvalue weighted by molar-refractivity contribution is 0.251. The molecule has 0 aromatic carbocycles. The van der Waals surface area contributed by atoms with Gasteiger partial charge in [-0.25, -0.2) is 0 Å². The highest BCUT2D eigenvalue weighted by Gasteiger charge is 2.23. The Bertz CT molecular complexity index is 184. The normalized spacial score (nSPS) is 32.1. The first kappa shape index (κ1) is 12.4. The molecule has 0 heterocycles. The molecular weight excluding hydrogens is 194 g/mol. The number of nitrogens with one attached hydrogen (secondary N) is 1. The van der Waals surface area contributed by atoms with Crippen LogP contribution in [-0.4, -0.2) is 12.6 Å². The molecule has 0 bridgehead atoms. The summed E-state index contributed by atoms with van der Waals surface area (Å²) in [6, 6.07) is 0.847. The van der Waals surface area contributed by atoms with E-state index >= 15 is 0 Å². The number of rotatable bonds is 5. The van der Waals surface area contributed by atoms with Crippen molar-refractivity contribution >= 4 is 0 Å². The van der Waals surface area contributed by atoms with E-state index in [1.165, 1.54) is 70.8 Å². The van der Waals surface area contributed by atoms with Crippen molar-refractivity contribution in [3.8, 4) is 0 Å². The van der Waals surface area contributed by atoms with Crippen molar-refractivity contribution in [1.82, 2.24) is 5.32 Å². The summed E-state index contributed by atoms with van der Waals surface area (Å²) < 4.78 is 0. The minimum Gasteiger partial charge on any atom is -0.314 e. The summed E-state index contributed by atoms with van der Waals surface area (Å²) in [7, 11) is 0. The largest absolute Gasteiger partial charge is 0.314 e. The average Bonchev–Trinajstić information content (AvgIpc) is 2.83. The summed E-state index contributed by atoms with van der Waals surface area (Å²) in [6.07, 6.45) is 14.6. The molecule has 2 fully saturated rings. The van der Waals surface area contributed by atoms with E-state index in [1.807, 2.05) is 0 Å². The van der Waals surface area contributed by atoms with E-state index in [9.17, 15) is 0 Å². The molecule has 0 aliphatic heterocycles. The Morgan fingerprint density at radius 2 is 1.62 bits per heavy atom. The van der Waals surface area contributed by atoms with Crippen molar-refractivity contribution in [2.75, 3.05) is 6.54 Å². The Hall–Kier alpha value is -0.0400. The highest BCUT2D eigenvalue weighted by Crippen LogP contribution is 2.29. The van der Waals surface area contributed by atoms with Gasteiger partial charge in [0, 0.05) is 6.04 Å². The second-order valence-electron chi connectivity index (χ2n) is 5.95. The lowest BCUT2D eigenvalue weighted by Gasteiger charge is -2.32. The van der Waals surface area contributed by atoms with E-state index in [1.54, 1.807) is 0 Å². The molecule has 1 heteroatoms. The number of hydrogen-bond donors (Lipinski definition) is 1. The quantitative estimate of drug-likeness (QED) is 0.739. The van der Waals surface area contributed by atoms with E-state index in [4.69, 9.17) is 0 Å². The molecule has 16 heavy (non-hydrogen) atoms. The van der Waals surface area contributed by atoms with Crippen LogP contribution in [0.1, 0.15) is 71.1 Å². The van der Waals surface area contributed by atoms with Crippen molar-refractivity contribution in [2.45, 2.75) is 77.2 Å². The van der Waals surface area contributed by atoms with E-state index in [0.717, 1.165) is 17.9 Å². The van der Waals surface area contributed by atoms with Crippen LogP contribution in [0.3, 0.4) is 0 Å². The molecule has 2 rings (SSSR count). The van der Waals surface area contributed by atoms with Crippen LogP contribution >= 0.6 is 0 Å². The summed E-state index contributed by atoms with van der Waals surface area (Å²) in [5.74, 6) is 2.02. The van der Waals surface area contributed by atoms with Gasteiger partial charge in [0.2, 0.25) is 0 Å². The fourth-order valence-corrected chi connectivity index (χ4v) is 3.74. The third-order valence-corrected chi connectivity index (χ3v) is 4.87. The Morgan fingerprint density at radius 1 is 0.938 bits per heavy atom. The molecule has 2 aliphatic carbocycles. The Balaban J connectivity index is 1.63. The third kappa shape index (κ3) is 3.48. The molecule has 0 radical (unpaired) electrons. The first-order chi connectivity index (χ1) is 7.90. The first-order valence-electron chi connectivity index (χ1n) is 7.63. The minimum atomic E-state index is 0.847. The molecule has 0 spiro atoms. The van der Waals surface area contributed by atoms with Gasteiger partial charge in [0.25, 0.3) is 0 Å².